The molecule has 2 aromatic rings. The van der Waals surface area contributed by atoms with Gasteiger partial charge in [-0.1, -0.05) is 74.5 Å². The smallest absolute Gasteiger partial charge is 0.315 e. The fourth-order valence-corrected chi connectivity index (χ4v) is 6.01. The van der Waals surface area contributed by atoms with Crippen molar-refractivity contribution in [3.8, 4) is 0 Å². The Hall–Kier alpha value is -5.55. The van der Waals surface area contributed by atoms with Gasteiger partial charge in [0.2, 0.25) is 29.5 Å². The van der Waals surface area contributed by atoms with Crippen LogP contribution in [-0.4, -0.2) is 118 Å². The highest BCUT2D eigenvalue weighted by atomic mass is 16.4. The number of nitrogens with one attached hydrogen (secondary N) is 5. The van der Waals surface area contributed by atoms with Gasteiger partial charge in [0.05, 0.1) is 19.1 Å². The summed E-state index contributed by atoms with van der Waals surface area (Å²) in [6.07, 6.45) is -1.02. The van der Waals surface area contributed by atoms with Crippen LogP contribution in [-0.2, 0) is 41.6 Å². The van der Waals surface area contributed by atoms with Gasteiger partial charge in [0.1, 0.15) is 30.2 Å². The highest BCUT2D eigenvalue weighted by molar-refractivity contribution is 5.97. The molecule has 0 aliphatic carbocycles. The summed E-state index contributed by atoms with van der Waals surface area (Å²) in [5.41, 5.74) is 6.66. The van der Waals surface area contributed by atoms with Crippen LogP contribution in [0.3, 0.4) is 0 Å². The van der Waals surface area contributed by atoms with Crippen LogP contribution < -0.4 is 32.3 Å². The molecule has 2 aromatic carbocycles. The zero-order chi connectivity index (χ0) is 39.8. The number of hydrogen-bond donors (Lipinski definition) is 9. The molecule has 1 saturated heterocycles. The zero-order valence-electron chi connectivity index (χ0n) is 30.4. The first-order valence-electron chi connectivity index (χ1n) is 17.8. The summed E-state index contributed by atoms with van der Waals surface area (Å²) in [6, 6.07) is 10.6. The van der Waals surface area contributed by atoms with E-state index in [-0.39, 0.29) is 44.7 Å². The maximum Gasteiger partial charge on any atom is 0.315 e. The van der Waals surface area contributed by atoms with Crippen LogP contribution in [0.5, 0.6) is 0 Å². The SMILES string of the molecule is CC(C)C[C@H](NC(=O)NC[C@H](O)CO)C(=O)N1CCC[C@H]1C(=O)N[C@@H](Cc1ccccc1)C(=O)N[C@@H](Cc1ccccc1)C(=O)N[C@@H](CC(=O)O)C(N)=O. The largest absolute Gasteiger partial charge is 0.481 e. The number of amides is 7. The molecule has 7 amide bonds. The van der Waals surface area contributed by atoms with E-state index in [1.165, 1.54) is 4.90 Å². The molecule has 6 atom stereocenters. The van der Waals surface area contributed by atoms with Gasteiger partial charge >= 0.3 is 12.0 Å². The van der Waals surface area contributed by atoms with Crippen molar-refractivity contribution in [2.75, 3.05) is 19.7 Å². The number of benzene rings is 2. The van der Waals surface area contributed by atoms with Crippen molar-refractivity contribution < 1.29 is 48.9 Å². The third kappa shape index (κ3) is 13.8. The number of likely N-dealkylation sites (tertiary alicyclic amines) is 1. The van der Waals surface area contributed by atoms with Gasteiger partial charge in [-0.3, -0.25) is 28.8 Å². The number of urea groups is 1. The number of carboxylic acid groups (broad SMARTS) is 1. The van der Waals surface area contributed by atoms with Crippen LogP contribution in [0.2, 0.25) is 0 Å². The molecule has 0 aromatic heterocycles. The van der Waals surface area contributed by atoms with Crippen molar-refractivity contribution in [1.29, 1.82) is 0 Å². The number of nitrogens with two attached hydrogens (primary N) is 1. The minimum absolute atomic E-state index is 0.000919. The van der Waals surface area contributed by atoms with Gasteiger partial charge < -0.3 is 52.5 Å². The van der Waals surface area contributed by atoms with Crippen molar-refractivity contribution in [1.82, 2.24) is 31.5 Å². The van der Waals surface area contributed by atoms with Crippen LogP contribution in [0.15, 0.2) is 60.7 Å². The molecule has 0 bridgehead atoms. The lowest BCUT2D eigenvalue weighted by atomic mass is 10.0. The molecule has 1 fully saturated rings. The van der Waals surface area contributed by atoms with Crippen molar-refractivity contribution in [2.45, 2.75) is 88.7 Å². The van der Waals surface area contributed by atoms with E-state index in [4.69, 9.17) is 10.8 Å². The Morgan fingerprint density at radius 3 is 1.83 bits per heavy atom. The molecule has 0 unspecified atom stereocenters. The fraction of sp³-hybridized carbons (Fsp3) is 0.486. The third-order valence-corrected chi connectivity index (χ3v) is 8.73. The normalized spacial score (nSPS) is 16.6. The number of aliphatic hydroxyl groups is 2. The number of aliphatic carboxylic acids is 1. The van der Waals surface area contributed by atoms with Crippen molar-refractivity contribution in [3.05, 3.63) is 71.8 Å². The number of rotatable bonds is 20. The number of carbonyl (C=O) groups excluding carboxylic acids is 6. The molecule has 1 heterocycles. The number of primary amides is 1. The third-order valence-electron chi connectivity index (χ3n) is 8.73. The summed E-state index contributed by atoms with van der Waals surface area (Å²) in [5.74, 6) is -5.24. The molecule has 0 spiro atoms. The van der Waals surface area contributed by atoms with Gasteiger partial charge in [-0.15, -0.1) is 0 Å². The average molecular weight is 754 g/mol. The van der Waals surface area contributed by atoms with Gasteiger partial charge in [0.15, 0.2) is 0 Å². The summed E-state index contributed by atoms with van der Waals surface area (Å²) in [6.45, 7) is 3.13. The molecule has 294 valence electrons. The predicted molar refractivity (Wildman–Crippen MR) is 195 cm³/mol. The standard InChI is InChI=1S/C37H51N7O10/c1-22(2)16-29(43-37(54)39-20-25(46)21-45)36(53)44-15-9-14-30(44)35(52)42-28(18-24-12-7-4-8-13-24)34(51)41-27(17-23-10-5-3-6-11-23)33(50)40-26(32(38)49)19-31(47)48/h3-8,10-13,22,25-30,45-46H,9,14-21H2,1-2H3,(H2,38,49)(H,40,50)(H,41,51)(H,42,52)(H,47,48)(H2,39,43,54)/t25-,26-,27-,28-,29-,30-/m0/s1. The summed E-state index contributed by atoms with van der Waals surface area (Å²) in [4.78, 5) is 92.6. The number of carboxylic acids is 1. The van der Waals surface area contributed by atoms with E-state index in [9.17, 15) is 43.8 Å². The maximum absolute atomic E-state index is 14.0. The molecule has 17 nitrogen and oxygen atoms in total. The monoisotopic (exact) mass is 753 g/mol. The van der Waals surface area contributed by atoms with Crippen LogP contribution in [0.1, 0.15) is 50.7 Å². The van der Waals surface area contributed by atoms with E-state index < -0.39 is 90.9 Å². The number of aliphatic hydroxyl groups excluding tert-OH is 2. The van der Waals surface area contributed by atoms with Crippen molar-refractivity contribution in [2.24, 2.45) is 11.7 Å². The Bertz CT molecular complexity index is 1590. The lowest BCUT2D eigenvalue weighted by molar-refractivity contribution is -0.141. The Morgan fingerprint density at radius 2 is 1.33 bits per heavy atom. The molecule has 0 saturated carbocycles. The molecule has 1 aliphatic heterocycles. The van der Waals surface area contributed by atoms with Crippen LogP contribution in [0.25, 0.3) is 0 Å². The van der Waals surface area contributed by atoms with Crippen molar-refractivity contribution in [3.63, 3.8) is 0 Å². The molecule has 54 heavy (non-hydrogen) atoms. The zero-order valence-corrected chi connectivity index (χ0v) is 30.4. The average Bonchev–Trinajstić information content (AvgIpc) is 3.63. The molecule has 10 N–H and O–H groups in total. The van der Waals surface area contributed by atoms with Gasteiger partial charge in [-0.2, -0.15) is 0 Å². The number of hydrogen-bond acceptors (Lipinski definition) is 9. The van der Waals surface area contributed by atoms with Crippen LogP contribution in [0.4, 0.5) is 4.79 Å². The van der Waals surface area contributed by atoms with Gasteiger partial charge in [-0.25, -0.2) is 4.79 Å². The van der Waals surface area contributed by atoms with Gasteiger partial charge in [-0.05, 0) is 36.3 Å². The second kappa shape index (κ2) is 21.2. The summed E-state index contributed by atoms with van der Waals surface area (Å²) >= 11 is 0. The van der Waals surface area contributed by atoms with Gasteiger partial charge in [0.25, 0.3) is 0 Å². The van der Waals surface area contributed by atoms with E-state index >= 15 is 0 Å². The first kappa shape index (κ1) is 42.9. The minimum Gasteiger partial charge on any atom is -0.481 e. The summed E-state index contributed by atoms with van der Waals surface area (Å²) in [5, 5.41) is 40.6. The Kier molecular flexibility index (Phi) is 16.8. The lowest BCUT2D eigenvalue weighted by Crippen LogP contribution is -2.60. The number of nitrogens with zero attached hydrogens (tertiary/aromatic N) is 1. The molecule has 1 aliphatic rings. The van der Waals surface area contributed by atoms with Crippen LogP contribution >= 0.6 is 0 Å². The van der Waals surface area contributed by atoms with E-state index in [0.717, 1.165) is 0 Å². The molecule has 0 radical (unpaired) electrons. The quantitative estimate of drug-likeness (QED) is 0.0791. The van der Waals surface area contributed by atoms with E-state index in [1.807, 2.05) is 13.8 Å². The highest BCUT2D eigenvalue weighted by Crippen LogP contribution is 2.21. The summed E-state index contributed by atoms with van der Waals surface area (Å²) in [7, 11) is 0. The van der Waals surface area contributed by atoms with E-state index in [0.29, 0.717) is 17.5 Å². The molecular weight excluding hydrogens is 702 g/mol. The Balaban J connectivity index is 1.85. The molecular formula is C37H51N7O10. The number of carbonyl (C=O) groups is 7. The minimum atomic E-state index is -1.55. The van der Waals surface area contributed by atoms with Crippen molar-refractivity contribution >= 4 is 41.5 Å². The van der Waals surface area contributed by atoms with E-state index in [1.54, 1.807) is 60.7 Å². The van der Waals surface area contributed by atoms with Crippen LogP contribution in [0, 0.1) is 5.92 Å². The summed E-state index contributed by atoms with van der Waals surface area (Å²) < 4.78 is 0. The Morgan fingerprint density at radius 1 is 0.796 bits per heavy atom. The molecule has 17 heteroatoms. The fourth-order valence-electron chi connectivity index (χ4n) is 6.01. The first-order chi connectivity index (χ1) is 25.7. The van der Waals surface area contributed by atoms with Gasteiger partial charge in [0, 0.05) is 25.9 Å². The first-order valence-corrected chi connectivity index (χ1v) is 17.8. The maximum atomic E-state index is 14.0. The van der Waals surface area contributed by atoms with E-state index in [2.05, 4.69) is 26.6 Å². The second-order valence-electron chi connectivity index (χ2n) is 13.6. The highest BCUT2D eigenvalue weighted by Gasteiger charge is 2.39. The predicted octanol–water partition coefficient (Wildman–Crippen LogP) is -1.06. The second-order valence-corrected chi connectivity index (χ2v) is 13.6. The molecule has 3 rings (SSSR count). The lowest BCUT2D eigenvalue weighted by Gasteiger charge is -2.31. The Labute approximate surface area is 313 Å². The topological polar surface area (TPSA) is 270 Å².